The van der Waals surface area contributed by atoms with Gasteiger partial charge in [-0.25, -0.2) is 0 Å². The van der Waals surface area contributed by atoms with Gasteiger partial charge in [0.15, 0.2) is 0 Å². The quantitative estimate of drug-likeness (QED) is 0.855. The van der Waals surface area contributed by atoms with Crippen LogP contribution in [0.15, 0.2) is 42.5 Å². The Kier molecular flexibility index (Phi) is 5.79. The highest BCUT2D eigenvalue weighted by Crippen LogP contribution is 2.17. The van der Waals surface area contributed by atoms with Crippen molar-refractivity contribution in [1.82, 2.24) is 10.2 Å². The standard InChI is InChI=1S/C22H26N2O3/c1-15-5-4-6-16(2)21(15)22(26)23-18-13-20(25)24(14-18)12-11-17-7-9-19(27-3)10-8-17/h4-10,18H,11-14H2,1-3H3,(H,23,26)/t18-/m1/s1. The molecule has 1 saturated heterocycles. The Morgan fingerprint density at radius 2 is 1.81 bits per heavy atom. The van der Waals surface area contributed by atoms with Crippen LogP contribution in [0.4, 0.5) is 0 Å². The second-order valence-electron chi connectivity index (χ2n) is 7.08. The Labute approximate surface area is 160 Å². The minimum absolute atomic E-state index is 0.0929. The number of likely N-dealkylation sites (tertiary alicyclic amines) is 1. The summed E-state index contributed by atoms with van der Waals surface area (Å²) in [6.07, 6.45) is 1.15. The highest BCUT2D eigenvalue weighted by atomic mass is 16.5. The number of aryl methyl sites for hydroxylation is 2. The predicted octanol–water partition coefficient (Wildman–Crippen LogP) is 2.89. The van der Waals surface area contributed by atoms with Crippen molar-refractivity contribution in [3.05, 3.63) is 64.7 Å². The summed E-state index contributed by atoms with van der Waals surface area (Å²) in [5.41, 5.74) is 3.77. The molecule has 0 saturated carbocycles. The number of carbonyl (C=O) groups is 2. The lowest BCUT2D eigenvalue weighted by atomic mass is 10.0. The minimum Gasteiger partial charge on any atom is -0.497 e. The zero-order valence-corrected chi connectivity index (χ0v) is 16.1. The van der Waals surface area contributed by atoms with Crippen LogP contribution in [0.1, 0.15) is 33.5 Å². The average Bonchev–Trinajstić information content (AvgIpc) is 2.99. The number of methoxy groups -OCH3 is 1. The van der Waals surface area contributed by atoms with E-state index in [9.17, 15) is 9.59 Å². The third-order valence-corrected chi connectivity index (χ3v) is 5.09. The molecular weight excluding hydrogens is 340 g/mol. The number of ether oxygens (including phenoxy) is 1. The summed E-state index contributed by atoms with van der Waals surface area (Å²) >= 11 is 0. The van der Waals surface area contributed by atoms with Gasteiger partial charge in [0.2, 0.25) is 5.91 Å². The summed E-state index contributed by atoms with van der Waals surface area (Å²) in [6, 6.07) is 13.6. The molecule has 2 aromatic carbocycles. The molecule has 142 valence electrons. The Bertz CT molecular complexity index is 810. The third-order valence-electron chi connectivity index (χ3n) is 5.09. The van der Waals surface area contributed by atoms with Crippen LogP contribution >= 0.6 is 0 Å². The molecule has 27 heavy (non-hydrogen) atoms. The van der Waals surface area contributed by atoms with Crippen LogP contribution in [-0.4, -0.2) is 43.0 Å². The Morgan fingerprint density at radius 1 is 1.15 bits per heavy atom. The first-order chi connectivity index (χ1) is 13.0. The van der Waals surface area contributed by atoms with Crippen molar-refractivity contribution in [2.24, 2.45) is 0 Å². The molecule has 1 atom stereocenters. The van der Waals surface area contributed by atoms with Gasteiger partial charge in [0.1, 0.15) is 5.75 Å². The topological polar surface area (TPSA) is 58.6 Å². The predicted molar refractivity (Wildman–Crippen MR) is 105 cm³/mol. The van der Waals surface area contributed by atoms with Gasteiger partial charge in [0.25, 0.3) is 5.91 Å². The van der Waals surface area contributed by atoms with Crippen LogP contribution < -0.4 is 10.1 Å². The molecule has 3 rings (SSSR count). The molecule has 0 aromatic heterocycles. The number of carbonyl (C=O) groups excluding carboxylic acids is 2. The molecular formula is C22H26N2O3. The smallest absolute Gasteiger partial charge is 0.252 e. The molecule has 5 nitrogen and oxygen atoms in total. The molecule has 0 aliphatic carbocycles. The average molecular weight is 366 g/mol. The van der Waals surface area contributed by atoms with E-state index in [0.717, 1.165) is 28.9 Å². The summed E-state index contributed by atoms with van der Waals surface area (Å²) in [5.74, 6) is 0.820. The Balaban J connectivity index is 1.56. The number of benzene rings is 2. The summed E-state index contributed by atoms with van der Waals surface area (Å²) in [4.78, 5) is 26.8. The summed E-state index contributed by atoms with van der Waals surface area (Å²) < 4.78 is 5.16. The molecule has 1 N–H and O–H groups in total. The molecule has 5 heteroatoms. The monoisotopic (exact) mass is 366 g/mol. The molecule has 0 bridgehead atoms. The maximum absolute atomic E-state index is 12.6. The SMILES string of the molecule is COc1ccc(CCN2C[C@H](NC(=O)c3c(C)cccc3C)CC2=O)cc1. The zero-order valence-electron chi connectivity index (χ0n) is 16.1. The van der Waals surface area contributed by atoms with E-state index in [2.05, 4.69) is 5.32 Å². The molecule has 1 aliphatic rings. The summed E-state index contributed by atoms with van der Waals surface area (Å²) in [7, 11) is 1.64. The highest BCUT2D eigenvalue weighted by molar-refractivity contribution is 5.97. The molecule has 1 fully saturated rings. The van der Waals surface area contributed by atoms with Gasteiger partial charge in [-0.15, -0.1) is 0 Å². The number of nitrogens with zero attached hydrogens (tertiary/aromatic N) is 1. The van der Waals surface area contributed by atoms with Gasteiger partial charge in [0, 0.05) is 25.1 Å². The zero-order chi connectivity index (χ0) is 19.4. The van der Waals surface area contributed by atoms with Crippen molar-refractivity contribution in [3.8, 4) is 5.75 Å². The molecule has 2 aromatic rings. The van der Waals surface area contributed by atoms with Crippen LogP contribution in [0.3, 0.4) is 0 Å². The number of hydrogen-bond acceptors (Lipinski definition) is 3. The van der Waals surface area contributed by atoms with Crippen LogP contribution in [0.5, 0.6) is 5.75 Å². The largest absolute Gasteiger partial charge is 0.497 e. The van der Waals surface area contributed by atoms with E-state index in [1.165, 1.54) is 0 Å². The second-order valence-corrected chi connectivity index (χ2v) is 7.08. The molecule has 2 amide bonds. The molecule has 1 aliphatic heterocycles. The van der Waals surface area contributed by atoms with E-state index in [-0.39, 0.29) is 17.9 Å². The Hall–Kier alpha value is -2.82. The van der Waals surface area contributed by atoms with Crippen molar-refractivity contribution in [1.29, 1.82) is 0 Å². The summed E-state index contributed by atoms with van der Waals surface area (Å²) in [5, 5.41) is 3.03. The first-order valence-corrected chi connectivity index (χ1v) is 9.25. The van der Waals surface area contributed by atoms with Gasteiger partial charge in [0.05, 0.1) is 13.2 Å². The van der Waals surface area contributed by atoms with Crippen molar-refractivity contribution in [2.45, 2.75) is 32.7 Å². The number of hydrogen-bond donors (Lipinski definition) is 1. The van der Waals surface area contributed by atoms with E-state index in [1.807, 2.05) is 61.2 Å². The first kappa shape index (κ1) is 19.0. The second kappa shape index (κ2) is 8.25. The fourth-order valence-electron chi connectivity index (χ4n) is 3.57. The number of rotatable bonds is 6. The molecule has 0 radical (unpaired) electrons. The van der Waals surface area contributed by atoms with E-state index < -0.39 is 0 Å². The van der Waals surface area contributed by atoms with Crippen LogP contribution in [0.25, 0.3) is 0 Å². The van der Waals surface area contributed by atoms with E-state index >= 15 is 0 Å². The van der Waals surface area contributed by atoms with E-state index in [0.29, 0.717) is 25.1 Å². The van der Waals surface area contributed by atoms with Gasteiger partial charge in [-0.2, -0.15) is 0 Å². The lowest BCUT2D eigenvalue weighted by Crippen LogP contribution is -2.38. The molecule has 1 heterocycles. The lowest BCUT2D eigenvalue weighted by molar-refractivity contribution is -0.127. The number of nitrogens with one attached hydrogen (secondary N) is 1. The van der Waals surface area contributed by atoms with Crippen LogP contribution in [-0.2, 0) is 11.2 Å². The van der Waals surface area contributed by atoms with Crippen molar-refractivity contribution in [3.63, 3.8) is 0 Å². The van der Waals surface area contributed by atoms with Crippen LogP contribution in [0.2, 0.25) is 0 Å². The molecule has 0 unspecified atom stereocenters. The lowest BCUT2D eigenvalue weighted by Gasteiger charge is -2.18. The molecule has 0 spiro atoms. The van der Waals surface area contributed by atoms with Crippen molar-refractivity contribution >= 4 is 11.8 Å². The van der Waals surface area contributed by atoms with Crippen LogP contribution in [0, 0.1) is 13.8 Å². The maximum Gasteiger partial charge on any atom is 0.252 e. The third kappa shape index (κ3) is 4.48. The number of amides is 2. The van der Waals surface area contributed by atoms with E-state index in [4.69, 9.17) is 4.74 Å². The van der Waals surface area contributed by atoms with Crippen molar-refractivity contribution < 1.29 is 14.3 Å². The van der Waals surface area contributed by atoms with Gasteiger partial charge in [-0.05, 0) is 49.1 Å². The normalized spacial score (nSPS) is 16.5. The maximum atomic E-state index is 12.6. The minimum atomic E-state index is -0.139. The van der Waals surface area contributed by atoms with Crippen molar-refractivity contribution in [2.75, 3.05) is 20.2 Å². The Morgan fingerprint density at radius 3 is 2.44 bits per heavy atom. The van der Waals surface area contributed by atoms with Gasteiger partial charge < -0.3 is 15.0 Å². The van der Waals surface area contributed by atoms with Gasteiger partial charge >= 0.3 is 0 Å². The first-order valence-electron chi connectivity index (χ1n) is 9.25. The fourth-order valence-corrected chi connectivity index (χ4v) is 3.57. The highest BCUT2D eigenvalue weighted by Gasteiger charge is 2.30. The summed E-state index contributed by atoms with van der Waals surface area (Å²) in [6.45, 7) is 5.08. The fraction of sp³-hybridized carbons (Fsp3) is 0.364. The van der Waals surface area contributed by atoms with Gasteiger partial charge in [-0.1, -0.05) is 30.3 Å². The van der Waals surface area contributed by atoms with Gasteiger partial charge in [-0.3, -0.25) is 9.59 Å². The van der Waals surface area contributed by atoms with E-state index in [1.54, 1.807) is 7.11 Å².